The minimum Gasteiger partial charge on any atom is -0.436 e. The molecule has 6 aromatic rings. The maximum absolute atomic E-state index is 13.4. The van der Waals surface area contributed by atoms with E-state index >= 15 is 0 Å². The largest absolute Gasteiger partial charge is 0.436 e. The molecule has 0 fully saturated rings. The van der Waals surface area contributed by atoms with Crippen molar-refractivity contribution in [1.82, 2.24) is 4.98 Å². The quantitative estimate of drug-likeness (QED) is 0.212. The van der Waals surface area contributed by atoms with Crippen LogP contribution in [0.2, 0.25) is 0 Å². The van der Waals surface area contributed by atoms with E-state index in [1.165, 1.54) is 6.07 Å². The number of para-hydroxylation sites is 2. The zero-order chi connectivity index (χ0) is 27.4. The van der Waals surface area contributed by atoms with Gasteiger partial charge in [-0.25, -0.2) is 4.98 Å². The topological polar surface area (TPSA) is 26.0 Å². The molecule has 0 N–H and O–H groups in total. The average molecular weight is 533 g/mol. The third-order valence-corrected chi connectivity index (χ3v) is 6.54. The lowest BCUT2D eigenvalue weighted by Crippen LogP contribution is -2.11. The van der Waals surface area contributed by atoms with E-state index in [2.05, 4.69) is 4.98 Å². The number of nitrogens with zero attached hydrogens (tertiary/aromatic N) is 1. The van der Waals surface area contributed by atoms with E-state index in [0.717, 1.165) is 34.0 Å². The van der Waals surface area contributed by atoms with E-state index in [9.17, 15) is 26.3 Å². The third-order valence-electron chi connectivity index (χ3n) is 6.54. The van der Waals surface area contributed by atoms with Crippen molar-refractivity contribution in [1.29, 1.82) is 0 Å². The maximum Gasteiger partial charge on any atom is 0.416 e. The molecule has 0 aliphatic heterocycles. The molecule has 0 saturated carbocycles. The van der Waals surface area contributed by atoms with Crippen molar-refractivity contribution in [3.05, 3.63) is 114 Å². The molecule has 0 amide bonds. The second-order valence-corrected chi connectivity index (χ2v) is 9.07. The first-order valence-corrected chi connectivity index (χ1v) is 11.9. The van der Waals surface area contributed by atoms with Crippen molar-refractivity contribution < 1.29 is 30.8 Å². The van der Waals surface area contributed by atoms with Crippen molar-refractivity contribution in [2.24, 2.45) is 0 Å². The van der Waals surface area contributed by atoms with Gasteiger partial charge in [-0.1, -0.05) is 60.7 Å². The van der Waals surface area contributed by atoms with Gasteiger partial charge in [0.2, 0.25) is 5.89 Å². The average Bonchev–Trinajstić information content (AvgIpc) is 3.35. The number of rotatable bonds is 3. The Bertz CT molecular complexity index is 1780. The van der Waals surface area contributed by atoms with Crippen LogP contribution in [-0.2, 0) is 12.4 Å². The molecule has 6 rings (SSSR count). The minimum atomic E-state index is -4.93. The van der Waals surface area contributed by atoms with E-state index in [1.807, 2.05) is 60.7 Å². The van der Waals surface area contributed by atoms with Crippen LogP contribution in [0, 0.1) is 0 Å². The Morgan fingerprint density at radius 2 is 1.10 bits per heavy atom. The smallest absolute Gasteiger partial charge is 0.416 e. The summed E-state index contributed by atoms with van der Waals surface area (Å²) in [5.74, 6) is 0.441. The monoisotopic (exact) mass is 533 g/mol. The predicted molar refractivity (Wildman–Crippen MR) is 138 cm³/mol. The van der Waals surface area contributed by atoms with Crippen LogP contribution in [0.3, 0.4) is 0 Å². The zero-order valence-corrected chi connectivity index (χ0v) is 19.9. The van der Waals surface area contributed by atoms with Crippen molar-refractivity contribution in [3.8, 4) is 33.7 Å². The van der Waals surface area contributed by atoms with Gasteiger partial charge < -0.3 is 4.42 Å². The lowest BCUT2D eigenvalue weighted by Gasteiger charge is -2.15. The van der Waals surface area contributed by atoms with Gasteiger partial charge in [0.15, 0.2) is 5.58 Å². The van der Waals surface area contributed by atoms with Gasteiger partial charge in [0.25, 0.3) is 0 Å². The van der Waals surface area contributed by atoms with Crippen LogP contribution in [0.4, 0.5) is 26.3 Å². The molecule has 1 heterocycles. The molecule has 8 heteroatoms. The molecule has 5 aromatic carbocycles. The first-order valence-electron chi connectivity index (χ1n) is 11.9. The molecule has 194 valence electrons. The highest BCUT2D eigenvalue weighted by atomic mass is 19.4. The first-order chi connectivity index (χ1) is 18.6. The van der Waals surface area contributed by atoms with Crippen LogP contribution >= 0.6 is 0 Å². The van der Waals surface area contributed by atoms with E-state index in [-0.39, 0.29) is 17.2 Å². The Morgan fingerprint density at radius 1 is 0.513 bits per heavy atom. The molecule has 0 atom stereocenters. The fourth-order valence-electron chi connectivity index (χ4n) is 4.71. The summed E-state index contributed by atoms with van der Waals surface area (Å²) in [4.78, 5) is 4.59. The van der Waals surface area contributed by atoms with Gasteiger partial charge in [-0.2, -0.15) is 26.3 Å². The molecule has 0 radical (unpaired) electrons. The van der Waals surface area contributed by atoms with Gasteiger partial charge in [0.05, 0.1) is 11.1 Å². The first kappa shape index (κ1) is 24.7. The lowest BCUT2D eigenvalue weighted by molar-refractivity contribution is -0.143. The fourth-order valence-corrected chi connectivity index (χ4v) is 4.71. The highest BCUT2D eigenvalue weighted by Crippen LogP contribution is 2.41. The Balaban J connectivity index is 1.49. The van der Waals surface area contributed by atoms with E-state index in [4.69, 9.17) is 4.42 Å². The number of aromatic nitrogens is 1. The standard InChI is InChI=1S/C31H17F6NO/c32-30(33,34)21-15-20(16-22(17-21)31(35,36)37)18-6-5-7-19(14-18)23-12-13-26(25-9-2-1-8-24(23)25)29-38-27-10-3-4-11-28(27)39-29/h1-17H. The van der Waals surface area contributed by atoms with Gasteiger partial charge in [0.1, 0.15) is 5.52 Å². The highest BCUT2D eigenvalue weighted by Gasteiger charge is 2.37. The third kappa shape index (κ3) is 4.63. The number of oxazole rings is 1. The summed E-state index contributed by atoms with van der Waals surface area (Å²) in [6.45, 7) is 0. The summed E-state index contributed by atoms with van der Waals surface area (Å²) >= 11 is 0. The second kappa shape index (κ2) is 9.01. The number of benzene rings is 5. The number of halogens is 6. The molecule has 0 saturated heterocycles. The Morgan fingerprint density at radius 3 is 1.77 bits per heavy atom. The zero-order valence-electron chi connectivity index (χ0n) is 19.9. The van der Waals surface area contributed by atoms with E-state index in [1.54, 1.807) is 18.2 Å². The van der Waals surface area contributed by atoms with Crippen LogP contribution in [0.1, 0.15) is 11.1 Å². The van der Waals surface area contributed by atoms with Gasteiger partial charge in [-0.15, -0.1) is 0 Å². The molecule has 0 unspecified atom stereocenters. The van der Waals surface area contributed by atoms with Crippen LogP contribution in [0.25, 0.3) is 55.6 Å². The number of hydrogen-bond acceptors (Lipinski definition) is 2. The Kier molecular flexibility index (Phi) is 5.71. The molecule has 39 heavy (non-hydrogen) atoms. The molecular formula is C31H17F6NO. The minimum absolute atomic E-state index is 0.131. The number of hydrogen-bond donors (Lipinski definition) is 0. The molecule has 0 spiro atoms. The SMILES string of the molecule is FC(F)(F)c1cc(-c2cccc(-c3ccc(-c4nc5ccccc5o4)c4ccccc34)c2)cc(C(F)(F)F)c1. The van der Waals surface area contributed by atoms with Crippen LogP contribution in [0.5, 0.6) is 0 Å². The summed E-state index contributed by atoms with van der Waals surface area (Å²) in [6.07, 6.45) is -9.85. The van der Waals surface area contributed by atoms with Gasteiger partial charge in [-0.05, 0) is 75.5 Å². The summed E-state index contributed by atoms with van der Waals surface area (Å²) in [5, 5.41) is 1.67. The van der Waals surface area contributed by atoms with E-state index in [0.29, 0.717) is 22.6 Å². The maximum atomic E-state index is 13.4. The summed E-state index contributed by atoms with van der Waals surface area (Å²) < 4.78 is 86.6. The van der Waals surface area contributed by atoms with Crippen molar-refractivity contribution in [2.45, 2.75) is 12.4 Å². The highest BCUT2D eigenvalue weighted by molar-refractivity contribution is 6.04. The normalized spacial score (nSPS) is 12.4. The van der Waals surface area contributed by atoms with Gasteiger partial charge in [0, 0.05) is 5.56 Å². The van der Waals surface area contributed by atoms with Gasteiger partial charge >= 0.3 is 12.4 Å². The van der Waals surface area contributed by atoms with Crippen LogP contribution in [0.15, 0.2) is 108 Å². The summed E-state index contributed by atoms with van der Waals surface area (Å²) in [7, 11) is 0. The lowest BCUT2D eigenvalue weighted by atomic mass is 9.92. The van der Waals surface area contributed by atoms with Crippen molar-refractivity contribution in [3.63, 3.8) is 0 Å². The molecule has 0 bridgehead atoms. The second-order valence-electron chi connectivity index (χ2n) is 9.07. The number of alkyl halides is 6. The van der Waals surface area contributed by atoms with Crippen molar-refractivity contribution in [2.75, 3.05) is 0 Å². The summed E-state index contributed by atoms with van der Waals surface area (Å²) in [5.41, 5.74) is 0.864. The molecule has 0 aliphatic rings. The van der Waals surface area contributed by atoms with Crippen molar-refractivity contribution >= 4 is 21.9 Å². The Hall–Kier alpha value is -4.59. The Labute approximate surface area is 218 Å². The molecule has 1 aromatic heterocycles. The van der Waals surface area contributed by atoms with Crippen LogP contribution < -0.4 is 0 Å². The summed E-state index contributed by atoms with van der Waals surface area (Å²) in [6, 6.07) is 26.7. The molecule has 0 aliphatic carbocycles. The van der Waals surface area contributed by atoms with Gasteiger partial charge in [-0.3, -0.25) is 0 Å². The molecule has 2 nitrogen and oxygen atoms in total. The predicted octanol–water partition coefficient (Wildman–Crippen LogP) is 10.0. The number of fused-ring (bicyclic) bond motifs is 2. The van der Waals surface area contributed by atoms with E-state index < -0.39 is 23.5 Å². The van der Waals surface area contributed by atoms with Crippen LogP contribution in [-0.4, -0.2) is 4.98 Å². The fraction of sp³-hybridized carbons (Fsp3) is 0.0645. The molecular weight excluding hydrogens is 516 g/mol.